The van der Waals surface area contributed by atoms with Gasteiger partial charge >= 0.3 is 6.09 Å². The fourth-order valence-electron chi connectivity index (χ4n) is 1.67. The first-order valence-electron chi connectivity index (χ1n) is 6.59. The molecule has 0 spiro atoms. The van der Waals surface area contributed by atoms with Crippen molar-refractivity contribution >= 4 is 27.9 Å². The highest BCUT2D eigenvalue weighted by atomic mass is 79.9. The van der Waals surface area contributed by atoms with E-state index in [0.717, 1.165) is 15.6 Å². The van der Waals surface area contributed by atoms with E-state index in [0.29, 0.717) is 5.56 Å². The van der Waals surface area contributed by atoms with E-state index in [1.54, 1.807) is 12.1 Å². The molecule has 6 heteroatoms. The number of benzene rings is 2. The normalized spacial score (nSPS) is 9.91. The number of hydrogen-bond acceptors (Lipinski definition) is 3. The third kappa shape index (κ3) is 4.60. The standard InChI is InChI=1S/C16H15BrN2O3/c1-11-7-8-13(9-14(11)17)15(20)18-19-16(21)22-10-12-5-3-2-4-6-12/h2-9H,10H2,1H3,(H,18,20)(H,19,21). The monoisotopic (exact) mass is 362 g/mol. The molecule has 0 saturated heterocycles. The van der Waals surface area contributed by atoms with E-state index in [4.69, 9.17) is 4.74 Å². The summed E-state index contributed by atoms with van der Waals surface area (Å²) in [7, 11) is 0. The van der Waals surface area contributed by atoms with Gasteiger partial charge in [-0.1, -0.05) is 52.3 Å². The summed E-state index contributed by atoms with van der Waals surface area (Å²) < 4.78 is 5.81. The number of ether oxygens (including phenoxy) is 1. The van der Waals surface area contributed by atoms with Gasteiger partial charge in [0, 0.05) is 10.0 Å². The lowest BCUT2D eigenvalue weighted by molar-refractivity contribution is 0.0905. The van der Waals surface area contributed by atoms with Gasteiger partial charge in [0.2, 0.25) is 0 Å². The third-order valence-corrected chi connectivity index (χ3v) is 3.78. The predicted molar refractivity (Wildman–Crippen MR) is 86.1 cm³/mol. The number of hydrazine groups is 1. The van der Waals surface area contributed by atoms with E-state index in [-0.39, 0.29) is 6.61 Å². The second-order valence-electron chi connectivity index (χ2n) is 4.60. The van der Waals surface area contributed by atoms with Crippen molar-refractivity contribution in [2.75, 3.05) is 0 Å². The summed E-state index contributed by atoms with van der Waals surface area (Å²) in [6.45, 7) is 2.06. The van der Waals surface area contributed by atoms with Gasteiger partial charge in [-0.3, -0.25) is 10.2 Å². The quantitative estimate of drug-likeness (QED) is 0.822. The Bertz CT molecular complexity index is 674. The van der Waals surface area contributed by atoms with Gasteiger partial charge in [-0.05, 0) is 30.2 Å². The SMILES string of the molecule is Cc1ccc(C(=O)NNC(=O)OCc2ccccc2)cc1Br. The molecule has 0 radical (unpaired) electrons. The van der Waals surface area contributed by atoms with Crippen LogP contribution in [-0.4, -0.2) is 12.0 Å². The van der Waals surface area contributed by atoms with Gasteiger partial charge in [-0.2, -0.15) is 0 Å². The summed E-state index contributed by atoms with van der Waals surface area (Å²) in [5.41, 5.74) is 6.83. The topological polar surface area (TPSA) is 67.4 Å². The predicted octanol–water partition coefficient (Wildman–Crippen LogP) is 3.33. The van der Waals surface area contributed by atoms with Gasteiger partial charge in [-0.15, -0.1) is 0 Å². The molecule has 5 nitrogen and oxygen atoms in total. The summed E-state index contributed by atoms with van der Waals surface area (Å²) in [6.07, 6.45) is -0.719. The number of carbonyl (C=O) groups excluding carboxylic acids is 2. The largest absolute Gasteiger partial charge is 0.443 e. The van der Waals surface area contributed by atoms with Crippen LogP contribution in [0.3, 0.4) is 0 Å². The minimum atomic E-state index is -0.719. The van der Waals surface area contributed by atoms with Crippen LogP contribution in [0.1, 0.15) is 21.5 Å². The molecule has 2 aromatic carbocycles. The van der Waals surface area contributed by atoms with Crippen molar-refractivity contribution in [3.63, 3.8) is 0 Å². The van der Waals surface area contributed by atoms with Crippen molar-refractivity contribution in [2.24, 2.45) is 0 Å². The Labute approximate surface area is 136 Å². The van der Waals surface area contributed by atoms with Crippen LogP contribution < -0.4 is 10.9 Å². The Balaban J connectivity index is 1.80. The number of hydrogen-bond donors (Lipinski definition) is 2. The summed E-state index contributed by atoms with van der Waals surface area (Å²) >= 11 is 3.35. The van der Waals surface area contributed by atoms with E-state index in [9.17, 15) is 9.59 Å². The summed E-state index contributed by atoms with van der Waals surface area (Å²) in [5, 5.41) is 0. The van der Waals surface area contributed by atoms with E-state index >= 15 is 0 Å². The second kappa shape index (κ2) is 7.61. The number of aryl methyl sites for hydroxylation is 1. The van der Waals surface area contributed by atoms with Gasteiger partial charge in [0.25, 0.3) is 5.91 Å². The summed E-state index contributed by atoms with van der Waals surface area (Å²) in [5.74, 6) is -0.419. The average molecular weight is 363 g/mol. The molecule has 0 fully saturated rings. The van der Waals surface area contributed by atoms with Gasteiger partial charge in [0.15, 0.2) is 0 Å². The van der Waals surface area contributed by atoms with Crippen LogP contribution >= 0.6 is 15.9 Å². The van der Waals surface area contributed by atoms with E-state index < -0.39 is 12.0 Å². The number of halogens is 1. The van der Waals surface area contributed by atoms with E-state index in [2.05, 4.69) is 26.8 Å². The molecule has 2 rings (SSSR count). The number of rotatable bonds is 3. The first-order valence-corrected chi connectivity index (χ1v) is 7.39. The Morgan fingerprint density at radius 3 is 2.50 bits per heavy atom. The van der Waals surface area contributed by atoms with Crippen molar-refractivity contribution in [1.82, 2.24) is 10.9 Å². The molecule has 0 unspecified atom stereocenters. The summed E-state index contributed by atoms with van der Waals surface area (Å²) in [4.78, 5) is 23.4. The molecular formula is C16H15BrN2O3. The lowest BCUT2D eigenvalue weighted by atomic mass is 10.1. The molecule has 2 aromatic rings. The molecule has 0 bridgehead atoms. The zero-order valence-electron chi connectivity index (χ0n) is 11.9. The van der Waals surface area contributed by atoms with Gasteiger partial charge in [0.1, 0.15) is 6.61 Å². The first kappa shape index (κ1) is 16.0. The zero-order chi connectivity index (χ0) is 15.9. The third-order valence-electron chi connectivity index (χ3n) is 2.92. The number of amides is 2. The second-order valence-corrected chi connectivity index (χ2v) is 5.46. The highest BCUT2D eigenvalue weighted by molar-refractivity contribution is 9.10. The molecule has 0 aliphatic rings. The highest BCUT2D eigenvalue weighted by Crippen LogP contribution is 2.17. The van der Waals surface area contributed by atoms with Gasteiger partial charge in [-0.25, -0.2) is 10.2 Å². The maximum Gasteiger partial charge on any atom is 0.426 e. The lowest BCUT2D eigenvalue weighted by Crippen LogP contribution is -2.41. The van der Waals surface area contributed by atoms with Crippen LogP contribution in [0.5, 0.6) is 0 Å². The minimum absolute atomic E-state index is 0.138. The van der Waals surface area contributed by atoms with Crippen LogP contribution in [0, 0.1) is 6.92 Å². The Kier molecular flexibility index (Phi) is 5.55. The molecule has 0 aliphatic heterocycles. The molecule has 2 amide bonds. The lowest BCUT2D eigenvalue weighted by Gasteiger charge is -2.09. The molecule has 0 saturated carbocycles. The average Bonchev–Trinajstić information content (AvgIpc) is 2.54. The van der Waals surface area contributed by atoms with Crippen LogP contribution in [0.25, 0.3) is 0 Å². The number of nitrogens with one attached hydrogen (secondary N) is 2. The van der Waals surface area contributed by atoms with Gasteiger partial charge in [0.05, 0.1) is 0 Å². The van der Waals surface area contributed by atoms with Crippen molar-refractivity contribution in [2.45, 2.75) is 13.5 Å². The Morgan fingerprint density at radius 2 is 1.82 bits per heavy atom. The first-order chi connectivity index (χ1) is 10.6. The smallest absolute Gasteiger partial charge is 0.426 e. The molecular weight excluding hydrogens is 348 g/mol. The maximum atomic E-state index is 11.9. The molecule has 0 atom stereocenters. The fraction of sp³-hybridized carbons (Fsp3) is 0.125. The van der Waals surface area contributed by atoms with Crippen LogP contribution in [-0.2, 0) is 11.3 Å². The number of carbonyl (C=O) groups is 2. The zero-order valence-corrected chi connectivity index (χ0v) is 13.5. The maximum absolute atomic E-state index is 11.9. The molecule has 22 heavy (non-hydrogen) atoms. The van der Waals surface area contributed by atoms with E-state index in [1.807, 2.05) is 43.3 Å². The Morgan fingerprint density at radius 1 is 1.09 bits per heavy atom. The molecule has 0 heterocycles. The van der Waals surface area contributed by atoms with Crippen LogP contribution in [0.2, 0.25) is 0 Å². The highest BCUT2D eigenvalue weighted by Gasteiger charge is 2.09. The minimum Gasteiger partial charge on any atom is -0.443 e. The van der Waals surface area contributed by atoms with Crippen molar-refractivity contribution in [3.05, 3.63) is 69.7 Å². The van der Waals surface area contributed by atoms with Crippen LogP contribution in [0.4, 0.5) is 4.79 Å². The fourth-order valence-corrected chi connectivity index (χ4v) is 2.05. The molecule has 114 valence electrons. The molecule has 0 aliphatic carbocycles. The van der Waals surface area contributed by atoms with Crippen molar-refractivity contribution in [1.29, 1.82) is 0 Å². The Hall–Kier alpha value is -2.34. The summed E-state index contributed by atoms with van der Waals surface area (Å²) in [6, 6.07) is 14.4. The van der Waals surface area contributed by atoms with Gasteiger partial charge < -0.3 is 4.74 Å². The molecule has 0 aromatic heterocycles. The molecule has 2 N–H and O–H groups in total. The van der Waals surface area contributed by atoms with Crippen molar-refractivity contribution < 1.29 is 14.3 Å². The van der Waals surface area contributed by atoms with Crippen LogP contribution in [0.15, 0.2) is 53.0 Å². The van der Waals surface area contributed by atoms with E-state index in [1.165, 1.54) is 0 Å². The van der Waals surface area contributed by atoms with Crippen molar-refractivity contribution in [3.8, 4) is 0 Å².